The Hall–Kier alpha value is -1.75. The van der Waals surface area contributed by atoms with Crippen LogP contribution in [0.25, 0.3) is 6.08 Å². The van der Waals surface area contributed by atoms with Crippen LogP contribution in [0.15, 0.2) is 34.8 Å². The first-order chi connectivity index (χ1) is 11.4. The second kappa shape index (κ2) is 10.2. The quantitative estimate of drug-likeness (QED) is 0.427. The van der Waals surface area contributed by atoms with Gasteiger partial charge in [-0.1, -0.05) is 21.5 Å². The number of methoxy groups -OCH3 is 2. The summed E-state index contributed by atoms with van der Waals surface area (Å²) in [6.07, 6.45) is 5.32. The Kier molecular flexibility index (Phi) is 8.61. The molecule has 1 rings (SSSR count). The number of ether oxygens (including phenoxy) is 3. The molecule has 0 aromatic heterocycles. The third kappa shape index (κ3) is 6.79. The van der Waals surface area contributed by atoms with Gasteiger partial charge in [0.25, 0.3) is 0 Å². The maximum atomic E-state index is 11.8. The Morgan fingerprint density at radius 3 is 2.33 bits per heavy atom. The van der Waals surface area contributed by atoms with Crippen LogP contribution in [0.1, 0.15) is 38.7 Å². The second-order valence-corrected chi connectivity index (χ2v) is 6.50. The van der Waals surface area contributed by atoms with Gasteiger partial charge in [-0.2, -0.15) is 0 Å². The monoisotopic (exact) mass is 396 g/mol. The van der Waals surface area contributed by atoms with E-state index in [-0.39, 0.29) is 12.1 Å². The van der Waals surface area contributed by atoms with Gasteiger partial charge in [0.05, 0.1) is 19.8 Å². The van der Waals surface area contributed by atoms with Gasteiger partial charge in [0.1, 0.15) is 17.6 Å². The van der Waals surface area contributed by atoms with Crippen molar-refractivity contribution in [3.63, 3.8) is 0 Å². The Balaban J connectivity index is 2.71. The van der Waals surface area contributed by atoms with Gasteiger partial charge in [0, 0.05) is 10.9 Å². The van der Waals surface area contributed by atoms with Crippen molar-refractivity contribution in [3.8, 4) is 11.5 Å². The fraction of sp³-hybridized carbons (Fsp3) is 0.421. The van der Waals surface area contributed by atoms with E-state index in [1.807, 2.05) is 38.1 Å². The molecule has 1 aromatic carbocycles. The van der Waals surface area contributed by atoms with E-state index in [0.29, 0.717) is 17.9 Å². The lowest BCUT2D eigenvalue weighted by molar-refractivity contribution is -0.146. The molecule has 0 saturated heterocycles. The molecule has 5 heteroatoms. The number of rotatable bonds is 9. The van der Waals surface area contributed by atoms with Crippen molar-refractivity contribution in [2.24, 2.45) is 0 Å². The van der Waals surface area contributed by atoms with Crippen LogP contribution in [-0.2, 0) is 9.53 Å². The van der Waals surface area contributed by atoms with Gasteiger partial charge in [-0.05, 0) is 51.0 Å². The normalized spacial score (nSPS) is 12.0. The Morgan fingerprint density at radius 2 is 1.83 bits per heavy atom. The summed E-state index contributed by atoms with van der Waals surface area (Å²) in [6, 6.07) is 3.72. The molecule has 0 aliphatic rings. The van der Waals surface area contributed by atoms with Crippen LogP contribution in [-0.4, -0.2) is 26.3 Å². The molecule has 1 atom stereocenters. The average Bonchev–Trinajstić information content (AvgIpc) is 2.52. The standard InChI is InChI=1S/C19H25BrO4/c1-13(2)7-6-8-19(21)24-14(3)9-10-16-17(22-4)11-15(20)12-18(16)23-5/h9-12,14H,1,6-8H2,2-5H3. The van der Waals surface area contributed by atoms with Crippen LogP contribution >= 0.6 is 15.9 Å². The highest BCUT2D eigenvalue weighted by atomic mass is 79.9. The first-order valence-electron chi connectivity index (χ1n) is 7.81. The van der Waals surface area contributed by atoms with Crippen LogP contribution in [0.5, 0.6) is 11.5 Å². The summed E-state index contributed by atoms with van der Waals surface area (Å²) in [5, 5.41) is 0. The van der Waals surface area contributed by atoms with Gasteiger partial charge in [-0.15, -0.1) is 6.58 Å². The van der Waals surface area contributed by atoms with Crippen molar-refractivity contribution >= 4 is 28.0 Å². The van der Waals surface area contributed by atoms with E-state index in [4.69, 9.17) is 14.2 Å². The molecule has 1 unspecified atom stereocenters. The molecule has 1 aromatic rings. The van der Waals surface area contributed by atoms with Crippen LogP contribution in [0, 0.1) is 0 Å². The van der Waals surface area contributed by atoms with Crippen LogP contribution in [0.4, 0.5) is 0 Å². The Morgan fingerprint density at radius 1 is 1.25 bits per heavy atom. The molecule has 24 heavy (non-hydrogen) atoms. The zero-order valence-corrected chi connectivity index (χ0v) is 16.3. The molecule has 0 saturated carbocycles. The van der Waals surface area contributed by atoms with Crippen LogP contribution in [0.2, 0.25) is 0 Å². The number of carbonyl (C=O) groups is 1. The van der Waals surface area contributed by atoms with Gasteiger partial charge in [0.2, 0.25) is 0 Å². The lowest BCUT2D eigenvalue weighted by Crippen LogP contribution is -2.12. The summed E-state index contributed by atoms with van der Waals surface area (Å²) in [4.78, 5) is 11.8. The molecule has 0 radical (unpaired) electrons. The molecular weight excluding hydrogens is 372 g/mol. The molecule has 0 N–H and O–H groups in total. The molecule has 0 bridgehead atoms. The van der Waals surface area contributed by atoms with E-state index in [2.05, 4.69) is 22.5 Å². The first kappa shape index (κ1) is 20.3. The largest absolute Gasteiger partial charge is 0.496 e. The summed E-state index contributed by atoms with van der Waals surface area (Å²) in [5.41, 5.74) is 1.87. The number of esters is 1. The predicted molar refractivity (Wildman–Crippen MR) is 100 cm³/mol. The van der Waals surface area contributed by atoms with Crippen molar-refractivity contribution in [3.05, 3.63) is 40.4 Å². The molecule has 132 valence electrons. The van der Waals surface area contributed by atoms with E-state index in [0.717, 1.165) is 28.5 Å². The predicted octanol–water partition coefficient (Wildman–Crippen LogP) is 5.16. The third-order valence-electron chi connectivity index (χ3n) is 3.34. The number of halogens is 1. The van der Waals surface area contributed by atoms with Crippen molar-refractivity contribution < 1.29 is 19.0 Å². The average molecular weight is 397 g/mol. The molecule has 0 spiro atoms. The summed E-state index contributed by atoms with van der Waals surface area (Å²) in [6.45, 7) is 7.60. The zero-order chi connectivity index (χ0) is 18.1. The summed E-state index contributed by atoms with van der Waals surface area (Å²) in [7, 11) is 3.20. The molecule has 0 fully saturated rings. The molecule has 4 nitrogen and oxygen atoms in total. The zero-order valence-electron chi connectivity index (χ0n) is 14.7. The summed E-state index contributed by atoms with van der Waals surface area (Å²) < 4.78 is 17.0. The van der Waals surface area contributed by atoms with Gasteiger partial charge in [-0.25, -0.2) is 0 Å². The van der Waals surface area contributed by atoms with E-state index >= 15 is 0 Å². The minimum atomic E-state index is -0.333. The highest BCUT2D eigenvalue weighted by Gasteiger charge is 2.11. The van der Waals surface area contributed by atoms with E-state index < -0.39 is 0 Å². The van der Waals surface area contributed by atoms with E-state index in [1.165, 1.54) is 0 Å². The van der Waals surface area contributed by atoms with E-state index in [9.17, 15) is 4.79 Å². The number of benzene rings is 1. The Bertz CT molecular complexity index is 582. The lowest BCUT2D eigenvalue weighted by Gasteiger charge is -2.12. The fourth-order valence-electron chi connectivity index (χ4n) is 2.14. The van der Waals surface area contributed by atoms with Gasteiger partial charge < -0.3 is 14.2 Å². The van der Waals surface area contributed by atoms with Crippen LogP contribution < -0.4 is 9.47 Å². The van der Waals surface area contributed by atoms with Crippen LogP contribution in [0.3, 0.4) is 0 Å². The van der Waals surface area contributed by atoms with Gasteiger partial charge >= 0.3 is 5.97 Å². The summed E-state index contributed by atoms with van der Waals surface area (Å²) >= 11 is 3.42. The maximum Gasteiger partial charge on any atom is 0.306 e. The highest BCUT2D eigenvalue weighted by Crippen LogP contribution is 2.34. The maximum absolute atomic E-state index is 11.8. The van der Waals surface area contributed by atoms with Crippen molar-refractivity contribution in [2.45, 2.75) is 39.2 Å². The number of hydrogen-bond acceptors (Lipinski definition) is 4. The number of allylic oxidation sites excluding steroid dienone is 1. The molecule has 0 aliphatic heterocycles. The minimum Gasteiger partial charge on any atom is -0.496 e. The number of carbonyl (C=O) groups excluding carboxylic acids is 1. The third-order valence-corrected chi connectivity index (χ3v) is 3.80. The van der Waals surface area contributed by atoms with Crippen molar-refractivity contribution in [2.75, 3.05) is 14.2 Å². The molecule has 0 aliphatic carbocycles. The summed E-state index contributed by atoms with van der Waals surface area (Å²) in [5.74, 6) is 1.15. The highest BCUT2D eigenvalue weighted by molar-refractivity contribution is 9.10. The van der Waals surface area contributed by atoms with Crippen molar-refractivity contribution in [1.82, 2.24) is 0 Å². The fourth-order valence-corrected chi connectivity index (χ4v) is 2.56. The first-order valence-corrected chi connectivity index (χ1v) is 8.60. The number of hydrogen-bond donors (Lipinski definition) is 0. The lowest BCUT2D eigenvalue weighted by atomic mass is 10.1. The van der Waals surface area contributed by atoms with Crippen molar-refractivity contribution in [1.29, 1.82) is 0 Å². The molecule has 0 heterocycles. The molecule has 0 amide bonds. The molecular formula is C19H25BrO4. The smallest absolute Gasteiger partial charge is 0.306 e. The minimum absolute atomic E-state index is 0.205. The van der Waals surface area contributed by atoms with Gasteiger partial charge in [0.15, 0.2) is 0 Å². The topological polar surface area (TPSA) is 44.8 Å². The second-order valence-electron chi connectivity index (χ2n) is 5.59. The van der Waals surface area contributed by atoms with E-state index in [1.54, 1.807) is 14.2 Å². The SMILES string of the molecule is C=C(C)CCCC(=O)OC(C)C=Cc1c(OC)cc(Br)cc1OC. The van der Waals surface area contributed by atoms with Gasteiger partial charge in [-0.3, -0.25) is 4.79 Å². The Labute approximate surface area is 152 Å².